The maximum Gasteiger partial charge on any atom is 0.281 e. The third kappa shape index (κ3) is 2.78. The monoisotopic (exact) mass is 288 g/mol. The zero-order valence-electron chi connectivity index (χ0n) is 10.5. The molecule has 1 heterocycles. The van der Waals surface area contributed by atoms with Crippen molar-refractivity contribution >= 4 is 15.9 Å². The summed E-state index contributed by atoms with van der Waals surface area (Å²) in [7, 11) is 0. The first-order valence-corrected chi connectivity index (χ1v) is 6.79. The molecule has 1 N–H and O–H groups in total. The predicted octanol–water partition coefficient (Wildman–Crippen LogP) is 3.50. The van der Waals surface area contributed by atoms with Gasteiger partial charge in [-0.15, -0.1) is 0 Å². The quantitative estimate of drug-likeness (QED) is 0.885. The second-order valence-corrected chi connectivity index (χ2v) is 5.44. The normalized spacial score (nSPS) is 11.7. The molecule has 0 aliphatic carbocycles. The third-order valence-electron chi connectivity index (χ3n) is 2.85. The maximum absolute atomic E-state index is 12.0. The van der Waals surface area contributed by atoms with Crippen molar-refractivity contribution < 1.29 is 0 Å². The lowest BCUT2D eigenvalue weighted by atomic mass is 10.1. The summed E-state index contributed by atoms with van der Waals surface area (Å²) in [4.78, 5) is 12.0. The van der Waals surface area contributed by atoms with Crippen molar-refractivity contribution in [2.45, 2.75) is 53.0 Å². The lowest BCUT2D eigenvalue weighted by Crippen LogP contribution is -2.21. The van der Waals surface area contributed by atoms with E-state index in [1.54, 1.807) is 4.68 Å². The first kappa shape index (κ1) is 13.6. The molecule has 0 radical (unpaired) electrons. The minimum Gasteiger partial charge on any atom is -0.298 e. The molecule has 0 bridgehead atoms. The molecule has 0 spiro atoms. The maximum atomic E-state index is 12.0. The molecule has 0 amide bonds. The highest BCUT2D eigenvalue weighted by Crippen LogP contribution is 2.18. The number of nitrogens with zero attached hydrogens (tertiary/aromatic N) is 1. The smallest absolute Gasteiger partial charge is 0.281 e. The van der Waals surface area contributed by atoms with E-state index in [-0.39, 0.29) is 11.6 Å². The zero-order valence-corrected chi connectivity index (χ0v) is 12.1. The fourth-order valence-electron chi connectivity index (χ4n) is 1.93. The van der Waals surface area contributed by atoms with E-state index in [2.05, 4.69) is 48.7 Å². The van der Waals surface area contributed by atoms with E-state index in [1.807, 2.05) is 0 Å². The topological polar surface area (TPSA) is 37.8 Å². The lowest BCUT2D eigenvalue weighted by molar-refractivity contribution is 0.413. The molecular weight excluding hydrogens is 268 g/mol. The van der Waals surface area contributed by atoms with E-state index in [1.165, 1.54) is 0 Å². The van der Waals surface area contributed by atoms with E-state index in [4.69, 9.17) is 0 Å². The SMILES string of the molecule is CCC(CC)n1[nH]c(CC(C)C)c(Br)c1=O. The fraction of sp³-hybridized carbons (Fsp3) is 0.750. The third-order valence-corrected chi connectivity index (χ3v) is 3.66. The largest absolute Gasteiger partial charge is 0.298 e. The highest BCUT2D eigenvalue weighted by atomic mass is 79.9. The van der Waals surface area contributed by atoms with Gasteiger partial charge in [0.25, 0.3) is 5.56 Å². The summed E-state index contributed by atoms with van der Waals surface area (Å²) in [5, 5.41) is 3.24. The summed E-state index contributed by atoms with van der Waals surface area (Å²) in [5.41, 5.74) is 1.09. The standard InChI is InChI=1S/C12H21BrN2O/c1-5-9(6-2)15-12(16)11(13)10(14-15)7-8(3)4/h8-9,14H,5-7H2,1-4H3. The molecule has 0 aliphatic rings. The van der Waals surface area contributed by atoms with Gasteiger partial charge in [0.05, 0.1) is 11.7 Å². The summed E-state index contributed by atoms with van der Waals surface area (Å²) < 4.78 is 2.47. The second-order valence-electron chi connectivity index (χ2n) is 4.65. The molecular formula is C12H21BrN2O. The molecule has 0 aliphatic heterocycles. The molecule has 0 aromatic carbocycles. The van der Waals surface area contributed by atoms with Crippen LogP contribution in [0.5, 0.6) is 0 Å². The van der Waals surface area contributed by atoms with Crippen LogP contribution in [-0.4, -0.2) is 9.78 Å². The molecule has 0 atom stereocenters. The highest BCUT2D eigenvalue weighted by Gasteiger charge is 2.16. The number of aromatic amines is 1. The Morgan fingerprint density at radius 3 is 2.31 bits per heavy atom. The molecule has 4 heteroatoms. The van der Waals surface area contributed by atoms with Gasteiger partial charge in [-0.3, -0.25) is 9.89 Å². The Kier molecular flexibility index (Phi) is 4.84. The second kappa shape index (κ2) is 5.71. The Morgan fingerprint density at radius 1 is 1.31 bits per heavy atom. The van der Waals surface area contributed by atoms with Gasteiger partial charge in [-0.1, -0.05) is 27.7 Å². The van der Waals surface area contributed by atoms with Crippen LogP contribution in [0.1, 0.15) is 52.3 Å². The van der Waals surface area contributed by atoms with Gasteiger partial charge in [0.2, 0.25) is 0 Å². The van der Waals surface area contributed by atoms with Crippen molar-refractivity contribution in [1.82, 2.24) is 9.78 Å². The van der Waals surface area contributed by atoms with Crippen molar-refractivity contribution in [3.8, 4) is 0 Å². The van der Waals surface area contributed by atoms with Crippen LogP contribution in [0.2, 0.25) is 0 Å². The molecule has 0 unspecified atom stereocenters. The number of hydrogen-bond acceptors (Lipinski definition) is 1. The average molecular weight is 289 g/mol. The van der Waals surface area contributed by atoms with Crippen molar-refractivity contribution in [3.63, 3.8) is 0 Å². The van der Waals surface area contributed by atoms with Crippen LogP contribution in [-0.2, 0) is 6.42 Å². The molecule has 3 nitrogen and oxygen atoms in total. The number of hydrogen-bond donors (Lipinski definition) is 1. The van der Waals surface area contributed by atoms with Crippen LogP contribution in [0.3, 0.4) is 0 Å². The summed E-state index contributed by atoms with van der Waals surface area (Å²) in [5.74, 6) is 0.546. The van der Waals surface area contributed by atoms with Gasteiger partial charge in [0.1, 0.15) is 4.47 Å². The Labute approximate surface area is 105 Å². The highest BCUT2D eigenvalue weighted by molar-refractivity contribution is 9.10. The van der Waals surface area contributed by atoms with Crippen molar-refractivity contribution in [3.05, 3.63) is 20.5 Å². The number of nitrogens with one attached hydrogen (secondary N) is 1. The Morgan fingerprint density at radius 2 is 1.88 bits per heavy atom. The van der Waals surface area contributed by atoms with Gasteiger partial charge in [-0.05, 0) is 41.1 Å². The van der Waals surface area contributed by atoms with Crippen molar-refractivity contribution in [2.75, 3.05) is 0 Å². The van der Waals surface area contributed by atoms with Gasteiger partial charge < -0.3 is 0 Å². The molecule has 1 aromatic heterocycles. The molecule has 1 aromatic rings. The van der Waals surface area contributed by atoms with Crippen LogP contribution in [0.15, 0.2) is 9.27 Å². The zero-order chi connectivity index (χ0) is 12.3. The van der Waals surface area contributed by atoms with Crippen LogP contribution >= 0.6 is 15.9 Å². The summed E-state index contributed by atoms with van der Waals surface area (Å²) in [6.45, 7) is 8.52. The predicted molar refractivity (Wildman–Crippen MR) is 70.9 cm³/mol. The van der Waals surface area contributed by atoms with Gasteiger partial charge in [-0.25, -0.2) is 4.68 Å². The van der Waals surface area contributed by atoms with Crippen LogP contribution in [0.4, 0.5) is 0 Å². The first-order chi connectivity index (χ1) is 7.51. The Hall–Kier alpha value is -0.510. The summed E-state index contributed by atoms with van der Waals surface area (Å²) >= 11 is 3.39. The molecule has 0 fully saturated rings. The molecule has 0 saturated carbocycles. The van der Waals surface area contributed by atoms with E-state index in [0.717, 1.165) is 25.0 Å². The van der Waals surface area contributed by atoms with Crippen LogP contribution in [0, 0.1) is 5.92 Å². The number of H-pyrrole nitrogens is 1. The van der Waals surface area contributed by atoms with Crippen molar-refractivity contribution in [1.29, 1.82) is 0 Å². The van der Waals surface area contributed by atoms with E-state index in [9.17, 15) is 4.79 Å². The van der Waals surface area contributed by atoms with Gasteiger partial charge in [-0.2, -0.15) is 0 Å². The minimum atomic E-state index is 0.0735. The number of rotatable bonds is 5. The molecule has 16 heavy (non-hydrogen) atoms. The lowest BCUT2D eigenvalue weighted by Gasteiger charge is -2.13. The Bertz CT molecular complexity index is 388. The molecule has 1 rings (SSSR count). The van der Waals surface area contributed by atoms with Crippen molar-refractivity contribution in [2.24, 2.45) is 5.92 Å². The molecule has 0 saturated heterocycles. The van der Waals surface area contributed by atoms with E-state index in [0.29, 0.717) is 10.4 Å². The van der Waals surface area contributed by atoms with E-state index >= 15 is 0 Å². The average Bonchev–Trinajstić information content (AvgIpc) is 2.48. The summed E-state index contributed by atoms with van der Waals surface area (Å²) in [6, 6.07) is 0.282. The number of aromatic nitrogens is 2. The van der Waals surface area contributed by atoms with Gasteiger partial charge in [0, 0.05) is 0 Å². The first-order valence-electron chi connectivity index (χ1n) is 6.00. The number of halogens is 1. The molecule has 92 valence electrons. The van der Waals surface area contributed by atoms with Gasteiger partial charge in [0.15, 0.2) is 0 Å². The van der Waals surface area contributed by atoms with Gasteiger partial charge >= 0.3 is 0 Å². The minimum absolute atomic E-state index is 0.0735. The van der Waals surface area contributed by atoms with E-state index < -0.39 is 0 Å². The summed E-state index contributed by atoms with van der Waals surface area (Å²) in [6.07, 6.45) is 2.86. The van der Waals surface area contributed by atoms with Crippen LogP contribution < -0.4 is 5.56 Å². The fourth-order valence-corrected chi connectivity index (χ4v) is 2.38. The van der Waals surface area contributed by atoms with Crippen LogP contribution in [0.25, 0.3) is 0 Å². The Balaban J connectivity index is 3.08.